The van der Waals surface area contributed by atoms with Gasteiger partial charge in [0.15, 0.2) is 0 Å². The Bertz CT molecular complexity index is 489. The Morgan fingerprint density at radius 1 is 1.25 bits per heavy atom. The van der Waals surface area contributed by atoms with Crippen LogP contribution in [0, 0.1) is 0 Å². The second kappa shape index (κ2) is 6.05. The molecule has 1 heterocycles. The van der Waals surface area contributed by atoms with Gasteiger partial charge in [-0.25, -0.2) is 4.79 Å². The summed E-state index contributed by atoms with van der Waals surface area (Å²) in [5.41, 5.74) is -0.248. The van der Waals surface area contributed by atoms with Gasteiger partial charge < -0.3 is 10.4 Å². The number of benzene rings is 1. The van der Waals surface area contributed by atoms with Crippen LogP contribution >= 0.6 is 0 Å². The zero-order chi connectivity index (χ0) is 14.6. The van der Waals surface area contributed by atoms with Crippen LogP contribution in [-0.4, -0.2) is 34.1 Å². The SMILES string of the molecule is CCCCC1(CO)NC(=O)N(Cc2ccccc2)C1=O. The summed E-state index contributed by atoms with van der Waals surface area (Å²) >= 11 is 0. The third kappa shape index (κ3) is 2.67. The number of imide groups is 1. The lowest BCUT2D eigenvalue weighted by Gasteiger charge is -2.24. The number of aliphatic hydroxyl groups excluding tert-OH is 1. The van der Waals surface area contributed by atoms with Crippen molar-refractivity contribution in [2.45, 2.75) is 38.3 Å². The van der Waals surface area contributed by atoms with E-state index in [0.717, 1.165) is 18.4 Å². The zero-order valence-electron chi connectivity index (χ0n) is 11.6. The van der Waals surface area contributed by atoms with E-state index in [1.165, 1.54) is 4.90 Å². The summed E-state index contributed by atoms with van der Waals surface area (Å²) in [6.45, 7) is 1.89. The van der Waals surface area contributed by atoms with E-state index in [1.807, 2.05) is 37.3 Å². The van der Waals surface area contributed by atoms with Gasteiger partial charge in [-0.05, 0) is 12.0 Å². The smallest absolute Gasteiger partial charge is 0.325 e. The number of urea groups is 1. The van der Waals surface area contributed by atoms with Crippen LogP contribution in [0.4, 0.5) is 4.79 Å². The number of amides is 3. The molecule has 0 aromatic heterocycles. The maximum Gasteiger partial charge on any atom is 0.325 e. The molecule has 1 aliphatic rings. The van der Waals surface area contributed by atoms with E-state index in [9.17, 15) is 14.7 Å². The third-order valence-corrected chi connectivity index (χ3v) is 3.66. The van der Waals surface area contributed by atoms with Crippen LogP contribution in [0.25, 0.3) is 0 Å². The molecule has 2 N–H and O–H groups in total. The van der Waals surface area contributed by atoms with Gasteiger partial charge in [0.05, 0.1) is 13.2 Å². The predicted octanol–water partition coefficient (Wildman–Crippen LogP) is 1.66. The summed E-state index contributed by atoms with van der Waals surface area (Å²) in [4.78, 5) is 25.7. The summed E-state index contributed by atoms with van der Waals surface area (Å²) in [6.07, 6.45) is 2.16. The Kier molecular flexibility index (Phi) is 4.39. The number of nitrogens with one attached hydrogen (secondary N) is 1. The average Bonchev–Trinajstić information content (AvgIpc) is 2.71. The summed E-state index contributed by atoms with van der Waals surface area (Å²) in [6, 6.07) is 8.92. The number of hydrogen-bond acceptors (Lipinski definition) is 3. The van der Waals surface area contributed by atoms with Crippen molar-refractivity contribution < 1.29 is 14.7 Å². The first-order chi connectivity index (χ1) is 9.63. The Morgan fingerprint density at radius 3 is 2.55 bits per heavy atom. The van der Waals surface area contributed by atoms with Gasteiger partial charge in [0, 0.05) is 0 Å². The molecule has 3 amide bonds. The minimum absolute atomic E-state index is 0.235. The Balaban J connectivity index is 2.15. The normalized spacial score (nSPS) is 22.2. The molecule has 0 spiro atoms. The van der Waals surface area contributed by atoms with Gasteiger partial charge in [0.25, 0.3) is 5.91 Å². The Morgan fingerprint density at radius 2 is 1.95 bits per heavy atom. The lowest BCUT2D eigenvalue weighted by atomic mass is 9.93. The van der Waals surface area contributed by atoms with Crippen molar-refractivity contribution in [2.24, 2.45) is 0 Å². The number of carbonyl (C=O) groups is 2. The van der Waals surface area contributed by atoms with Gasteiger partial charge in [-0.3, -0.25) is 9.69 Å². The molecule has 2 rings (SSSR count). The molecule has 1 saturated heterocycles. The fourth-order valence-corrected chi connectivity index (χ4v) is 2.42. The molecule has 1 atom stereocenters. The number of carbonyl (C=O) groups excluding carboxylic acids is 2. The van der Waals surface area contributed by atoms with Gasteiger partial charge in [-0.15, -0.1) is 0 Å². The molecule has 108 valence electrons. The highest BCUT2D eigenvalue weighted by Gasteiger charge is 2.50. The van der Waals surface area contributed by atoms with Crippen molar-refractivity contribution in [3.05, 3.63) is 35.9 Å². The van der Waals surface area contributed by atoms with E-state index >= 15 is 0 Å². The van der Waals surface area contributed by atoms with Crippen LogP contribution in [0.1, 0.15) is 31.7 Å². The van der Waals surface area contributed by atoms with Crippen LogP contribution in [0.3, 0.4) is 0 Å². The Hall–Kier alpha value is -1.88. The molecule has 1 fully saturated rings. The van der Waals surface area contributed by atoms with Crippen LogP contribution in [0.15, 0.2) is 30.3 Å². The van der Waals surface area contributed by atoms with Crippen molar-refractivity contribution in [3.63, 3.8) is 0 Å². The van der Waals surface area contributed by atoms with Gasteiger partial charge in [-0.1, -0.05) is 50.1 Å². The van der Waals surface area contributed by atoms with Crippen molar-refractivity contribution in [1.82, 2.24) is 10.2 Å². The van der Waals surface area contributed by atoms with E-state index in [-0.39, 0.29) is 19.1 Å². The van der Waals surface area contributed by atoms with E-state index in [0.29, 0.717) is 6.42 Å². The summed E-state index contributed by atoms with van der Waals surface area (Å²) in [5.74, 6) is -0.331. The fraction of sp³-hybridized carbons (Fsp3) is 0.467. The molecule has 0 saturated carbocycles. The molecule has 0 bridgehead atoms. The van der Waals surface area contributed by atoms with Gasteiger partial charge >= 0.3 is 6.03 Å². The quantitative estimate of drug-likeness (QED) is 0.776. The molecular weight excluding hydrogens is 256 g/mol. The van der Waals surface area contributed by atoms with E-state index in [2.05, 4.69) is 5.32 Å². The monoisotopic (exact) mass is 276 g/mol. The number of nitrogens with zero attached hydrogens (tertiary/aromatic N) is 1. The first kappa shape index (κ1) is 14.5. The summed E-state index contributed by atoms with van der Waals surface area (Å²) in [7, 11) is 0. The minimum Gasteiger partial charge on any atom is -0.393 e. The molecule has 20 heavy (non-hydrogen) atoms. The van der Waals surface area contributed by atoms with Crippen molar-refractivity contribution in [1.29, 1.82) is 0 Å². The molecule has 5 heteroatoms. The molecule has 1 aromatic rings. The van der Waals surface area contributed by atoms with Crippen LogP contribution in [0.5, 0.6) is 0 Å². The van der Waals surface area contributed by atoms with E-state index in [1.54, 1.807) is 0 Å². The van der Waals surface area contributed by atoms with Crippen molar-refractivity contribution in [3.8, 4) is 0 Å². The second-order valence-corrected chi connectivity index (χ2v) is 5.15. The van der Waals surface area contributed by atoms with E-state index in [4.69, 9.17) is 0 Å². The van der Waals surface area contributed by atoms with Gasteiger partial charge in [0.1, 0.15) is 5.54 Å². The molecule has 5 nitrogen and oxygen atoms in total. The first-order valence-electron chi connectivity index (χ1n) is 6.92. The molecule has 0 aliphatic carbocycles. The third-order valence-electron chi connectivity index (χ3n) is 3.66. The largest absolute Gasteiger partial charge is 0.393 e. The summed E-state index contributed by atoms with van der Waals surface area (Å²) < 4.78 is 0. The van der Waals surface area contributed by atoms with E-state index < -0.39 is 11.6 Å². The number of hydrogen-bond donors (Lipinski definition) is 2. The van der Waals surface area contributed by atoms with Crippen LogP contribution < -0.4 is 5.32 Å². The molecular formula is C15H20N2O3. The highest BCUT2D eigenvalue weighted by Crippen LogP contribution is 2.25. The topological polar surface area (TPSA) is 69.6 Å². The van der Waals surface area contributed by atoms with Crippen molar-refractivity contribution in [2.75, 3.05) is 6.61 Å². The minimum atomic E-state index is -1.14. The number of unbranched alkanes of at least 4 members (excludes halogenated alkanes) is 1. The number of aliphatic hydroxyl groups is 1. The zero-order valence-corrected chi connectivity index (χ0v) is 11.6. The van der Waals surface area contributed by atoms with Crippen LogP contribution in [0.2, 0.25) is 0 Å². The molecule has 1 unspecified atom stereocenters. The molecule has 1 aliphatic heterocycles. The van der Waals surface area contributed by atoms with Gasteiger partial charge in [0.2, 0.25) is 0 Å². The Labute approximate surface area is 118 Å². The number of rotatable bonds is 6. The lowest BCUT2D eigenvalue weighted by Crippen LogP contribution is -2.50. The van der Waals surface area contributed by atoms with Crippen LogP contribution in [-0.2, 0) is 11.3 Å². The molecule has 0 radical (unpaired) electrons. The first-order valence-corrected chi connectivity index (χ1v) is 6.92. The average molecular weight is 276 g/mol. The fourth-order valence-electron chi connectivity index (χ4n) is 2.42. The lowest BCUT2D eigenvalue weighted by molar-refractivity contribution is -0.133. The standard InChI is InChI=1S/C15H20N2O3/c1-2-3-9-15(11-18)13(19)17(14(20)16-15)10-12-7-5-4-6-8-12/h4-8,18H,2-3,9-11H2,1H3,(H,16,20). The maximum atomic E-state index is 12.5. The summed E-state index contributed by atoms with van der Waals surface area (Å²) in [5, 5.41) is 12.2. The predicted molar refractivity (Wildman–Crippen MR) is 74.9 cm³/mol. The highest BCUT2D eigenvalue weighted by molar-refractivity contribution is 6.07. The van der Waals surface area contributed by atoms with Crippen molar-refractivity contribution >= 4 is 11.9 Å². The molecule has 1 aromatic carbocycles. The highest BCUT2D eigenvalue weighted by atomic mass is 16.3. The van der Waals surface area contributed by atoms with Gasteiger partial charge in [-0.2, -0.15) is 0 Å². The second-order valence-electron chi connectivity index (χ2n) is 5.15. The maximum absolute atomic E-state index is 12.5.